The molecule has 0 spiro atoms. The monoisotopic (exact) mass is 502 g/mol. The Kier molecular flexibility index (Phi) is 5.58. The lowest BCUT2D eigenvalue weighted by atomic mass is 9.93. The Labute approximate surface area is 214 Å². The van der Waals surface area contributed by atoms with E-state index in [0.717, 1.165) is 47.4 Å². The molecule has 4 aliphatic heterocycles. The van der Waals surface area contributed by atoms with E-state index in [1.54, 1.807) is 7.11 Å². The number of nitrogens with one attached hydrogen (secondary N) is 2. The van der Waals surface area contributed by atoms with Crippen molar-refractivity contribution >= 4 is 22.8 Å². The number of rotatable bonds is 6. The third-order valence-corrected chi connectivity index (χ3v) is 8.17. The highest BCUT2D eigenvalue weighted by molar-refractivity contribution is 5.94. The van der Waals surface area contributed by atoms with Crippen LogP contribution in [0.4, 0.5) is 5.82 Å². The van der Waals surface area contributed by atoms with Crippen LogP contribution >= 0.6 is 0 Å². The minimum atomic E-state index is -0.163. The molecule has 10 nitrogen and oxygen atoms in total. The summed E-state index contributed by atoms with van der Waals surface area (Å²) in [7, 11) is 1.64. The number of carbonyl (C=O) groups is 1. The number of methoxy groups -OCH3 is 1. The third kappa shape index (κ3) is 4.14. The Hall–Kier alpha value is -3.50. The Morgan fingerprint density at radius 1 is 1.11 bits per heavy atom. The first kappa shape index (κ1) is 22.7. The number of anilines is 1. The molecule has 2 saturated heterocycles. The molecule has 2 bridgehead atoms. The van der Waals surface area contributed by atoms with Crippen LogP contribution in [0.3, 0.4) is 0 Å². The van der Waals surface area contributed by atoms with Crippen molar-refractivity contribution in [3.8, 4) is 17.4 Å². The number of pyridine rings is 3. The van der Waals surface area contributed by atoms with Crippen LogP contribution in [0.5, 0.6) is 17.4 Å². The molecule has 7 heterocycles. The summed E-state index contributed by atoms with van der Waals surface area (Å²) in [4.78, 5) is 28.2. The molecule has 4 atom stereocenters. The van der Waals surface area contributed by atoms with Gasteiger partial charge in [-0.15, -0.1) is 0 Å². The van der Waals surface area contributed by atoms with E-state index in [0.29, 0.717) is 48.7 Å². The topological polar surface area (TPSA) is 111 Å². The molecule has 3 aromatic heterocycles. The van der Waals surface area contributed by atoms with Gasteiger partial charge in [0.25, 0.3) is 5.91 Å². The highest BCUT2D eigenvalue weighted by atomic mass is 16.5. The van der Waals surface area contributed by atoms with Crippen LogP contribution in [0.2, 0.25) is 0 Å². The fourth-order valence-electron chi connectivity index (χ4n) is 6.44. The van der Waals surface area contributed by atoms with E-state index in [1.807, 2.05) is 30.5 Å². The van der Waals surface area contributed by atoms with Gasteiger partial charge in [-0.3, -0.25) is 14.7 Å². The Morgan fingerprint density at radius 2 is 1.97 bits per heavy atom. The summed E-state index contributed by atoms with van der Waals surface area (Å²) in [5.74, 6) is 2.70. The fraction of sp³-hybridized carbons (Fsp3) is 0.481. The molecule has 2 fully saturated rings. The second kappa shape index (κ2) is 9.11. The summed E-state index contributed by atoms with van der Waals surface area (Å²) in [6.07, 6.45) is 6.53. The fourth-order valence-corrected chi connectivity index (χ4v) is 6.44. The van der Waals surface area contributed by atoms with E-state index in [-0.39, 0.29) is 18.4 Å². The van der Waals surface area contributed by atoms with Crippen molar-refractivity contribution in [3.05, 3.63) is 41.7 Å². The van der Waals surface area contributed by atoms with E-state index >= 15 is 0 Å². The van der Waals surface area contributed by atoms with Gasteiger partial charge in [-0.25, -0.2) is 9.97 Å². The number of hydrogen-bond acceptors (Lipinski definition) is 9. The Morgan fingerprint density at radius 3 is 2.81 bits per heavy atom. The molecule has 0 radical (unpaired) electrons. The summed E-state index contributed by atoms with van der Waals surface area (Å²) in [6, 6.07) is 9.23. The van der Waals surface area contributed by atoms with Gasteiger partial charge in [0, 0.05) is 48.8 Å². The molecule has 4 aliphatic rings. The highest BCUT2D eigenvalue weighted by Crippen LogP contribution is 2.42. The molecule has 37 heavy (non-hydrogen) atoms. The first-order valence-corrected chi connectivity index (χ1v) is 13.0. The van der Waals surface area contributed by atoms with Crippen molar-refractivity contribution in [1.29, 1.82) is 0 Å². The van der Waals surface area contributed by atoms with Gasteiger partial charge in [0.15, 0.2) is 18.2 Å². The number of carbonyl (C=O) groups excluding carboxylic acids is 1. The summed E-state index contributed by atoms with van der Waals surface area (Å²) in [5.41, 5.74) is 3.84. The van der Waals surface area contributed by atoms with Gasteiger partial charge in [0.2, 0.25) is 5.88 Å². The lowest BCUT2D eigenvalue weighted by molar-refractivity contribution is -0.118. The summed E-state index contributed by atoms with van der Waals surface area (Å²) < 4.78 is 16.9. The standard InChI is InChI=1S/C27H30N6O4/c1-35-24-7-5-20-26(32-24)25-15(13-36-22(25)11-29-20)12-33-18-3-4-19(33)9-17(8-18)28-10-16-2-6-21-27(30-16)31-23(34)14-37-21/h2,5-7,11,15,17-19,28H,3-4,8-10,12-14H2,1H3,(H,30,31,34)/t15?,17?,18-,19+. The Bertz CT molecular complexity index is 1350. The number of piperidine rings is 1. The van der Waals surface area contributed by atoms with Crippen LogP contribution in [0.15, 0.2) is 30.5 Å². The first-order valence-electron chi connectivity index (χ1n) is 13.0. The predicted molar refractivity (Wildman–Crippen MR) is 136 cm³/mol. The average Bonchev–Trinajstić information content (AvgIpc) is 3.43. The molecular weight excluding hydrogens is 472 g/mol. The van der Waals surface area contributed by atoms with Crippen molar-refractivity contribution in [2.24, 2.45) is 0 Å². The van der Waals surface area contributed by atoms with Gasteiger partial charge >= 0.3 is 0 Å². The van der Waals surface area contributed by atoms with Crippen LogP contribution in [0, 0.1) is 0 Å². The van der Waals surface area contributed by atoms with Gasteiger partial charge in [-0.1, -0.05) is 0 Å². The van der Waals surface area contributed by atoms with Crippen LogP contribution in [0.25, 0.3) is 11.0 Å². The van der Waals surface area contributed by atoms with Crippen LogP contribution in [-0.2, 0) is 11.3 Å². The quantitative estimate of drug-likeness (QED) is 0.525. The smallest absolute Gasteiger partial charge is 0.263 e. The number of hydrogen-bond donors (Lipinski definition) is 2. The molecule has 10 heteroatoms. The minimum absolute atomic E-state index is 0.0456. The molecule has 0 aliphatic carbocycles. The maximum Gasteiger partial charge on any atom is 0.263 e. The van der Waals surface area contributed by atoms with E-state index < -0.39 is 0 Å². The van der Waals surface area contributed by atoms with E-state index in [4.69, 9.17) is 19.2 Å². The molecule has 2 N–H and O–H groups in total. The van der Waals surface area contributed by atoms with Gasteiger partial charge in [0.1, 0.15) is 11.3 Å². The largest absolute Gasteiger partial charge is 0.491 e. The number of aromatic nitrogens is 3. The van der Waals surface area contributed by atoms with E-state index in [9.17, 15) is 4.79 Å². The first-order chi connectivity index (χ1) is 18.1. The Balaban J connectivity index is 1.02. The van der Waals surface area contributed by atoms with Crippen LogP contribution in [-0.4, -0.2) is 70.8 Å². The van der Waals surface area contributed by atoms with Crippen molar-refractivity contribution in [2.45, 2.75) is 56.3 Å². The number of amides is 1. The van der Waals surface area contributed by atoms with Crippen molar-refractivity contribution in [3.63, 3.8) is 0 Å². The number of fused-ring (bicyclic) bond motifs is 6. The molecular formula is C27H30N6O4. The predicted octanol–water partition coefficient (Wildman–Crippen LogP) is 2.63. The van der Waals surface area contributed by atoms with Crippen LogP contribution < -0.4 is 24.8 Å². The maximum atomic E-state index is 11.6. The zero-order valence-corrected chi connectivity index (χ0v) is 20.8. The second-order valence-corrected chi connectivity index (χ2v) is 10.4. The van der Waals surface area contributed by atoms with Gasteiger partial charge in [-0.05, 0) is 43.9 Å². The number of nitrogens with zero attached hydrogens (tertiary/aromatic N) is 4. The van der Waals surface area contributed by atoms with Crippen molar-refractivity contribution in [1.82, 2.24) is 25.2 Å². The SMILES string of the molecule is COc1ccc2ncc3c(c2n1)C(CN1[C@@H]2CC[C@H]1CC(NCc1ccc4c(n1)NC(=O)CO4)C2)CO3. The van der Waals surface area contributed by atoms with E-state index in [2.05, 4.69) is 25.5 Å². The van der Waals surface area contributed by atoms with Crippen molar-refractivity contribution in [2.75, 3.05) is 32.2 Å². The van der Waals surface area contributed by atoms with Crippen molar-refractivity contribution < 1.29 is 19.0 Å². The number of ether oxygens (including phenoxy) is 3. The lowest BCUT2D eigenvalue weighted by Crippen LogP contribution is -2.50. The molecule has 7 rings (SSSR count). The molecule has 192 valence electrons. The zero-order chi connectivity index (χ0) is 24.9. The van der Waals surface area contributed by atoms with Gasteiger partial charge < -0.3 is 24.8 Å². The highest BCUT2D eigenvalue weighted by Gasteiger charge is 2.43. The summed E-state index contributed by atoms with van der Waals surface area (Å²) in [5, 5.41) is 6.52. The molecule has 0 aromatic carbocycles. The average molecular weight is 503 g/mol. The summed E-state index contributed by atoms with van der Waals surface area (Å²) >= 11 is 0. The molecule has 3 aromatic rings. The minimum Gasteiger partial charge on any atom is -0.491 e. The molecule has 0 saturated carbocycles. The van der Waals surface area contributed by atoms with E-state index in [1.165, 1.54) is 12.8 Å². The van der Waals surface area contributed by atoms with Gasteiger partial charge in [-0.2, -0.15) is 0 Å². The maximum absolute atomic E-state index is 11.6. The van der Waals surface area contributed by atoms with Crippen LogP contribution in [0.1, 0.15) is 42.9 Å². The second-order valence-electron chi connectivity index (χ2n) is 10.4. The molecule has 2 unspecified atom stereocenters. The summed E-state index contributed by atoms with van der Waals surface area (Å²) in [6.45, 7) is 2.35. The lowest BCUT2D eigenvalue weighted by Gasteiger charge is -2.40. The molecule has 1 amide bonds. The zero-order valence-electron chi connectivity index (χ0n) is 20.8. The normalized spacial score (nSPS) is 26.2. The van der Waals surface area contributed by atoms with Gasteiger partial charge in [0.05, 0.1) is 31.1 Å². The third-order valence-electron chi connectivity index (χ3n) is 8.17.